The topological polar surface area (TPSA) is 35.5 Å². The number of hydroxylamine groups is 2. The number of rotatable bonds is 0. The zero-order valence-electron chi connectivity index (χ0n) is 7.68. The molecule has 1 aliphatic heterocycles. The summed E-state index contributed by atoms with van der Waals surface area (Å²) in [4.78, 5) is 0. The first-order valence-corrected chi connectivity index (χ1v) is 3.93. The van der Waals surface area contributed by atoms with E-state index in [2.05, 4.69) is 0 Å². The maximum absolute atomic E-state index is 11.1. The molecule has 1 saturated heterocycles. The van der Waals surface area contributed by atoms with Crippen LogP contribution in [0.1, 0.15) is 27.7 Å². The third-order valence-electron chi connectivity index (χ3n) is 1.67. The molecule has 0 N–H and O–H groups in total. The van der Waals surface area contributed by atoms with E-state index in [-0.39, 0.29) is 11.2 Å². The third-order valence-corrected chi connectivity index (χ3v) is 1.67. The lowest BCUT2D eigenvalue weighted by molar-refractivity contribution is -0.171. The van der Waals surface area contributed by atoms with Crippen LogP contribution in [0.2, 0.25) is 0 Å². The minimum absolute atomic E-state index is 0.302. The van der Waals surface area contributed by atoms with E-state index in [0.717, 1.165) is 5.06 Å². The molecule has 0 radical (unpaired) electrons. The Kier molecular flexibility index (Phi) is 1.99. The van der Waals surface area contributed by atoms with Crippen LogP contribution < -0.4 is 0 Å². The van der Waals surface area contributed by atoms with Crippen molar-refractivity contribution in [3.8, 4) is 0 Å². The molecule has 1 rings (SSSR count). The van der Waals surface area contributed by atoms with Crippen LogP contribution in [0.5, 0.6) is 0 Å². The number of nitrogens with zero attached hydrogens (tertiary/aromatic N) is 1. The van der Waals surface area contributed by atoms with Gasteiger partial charge in [-0.05, 0) is 27.7 Å². The molecule has 0 amide bonds. The van der Waals surface area contributed by atoms with Gasteiger partial charge in [0.1, 0.15) is 0 Å². The van der Waals surface area contributed by atoms with E-state index >= 15 is 0 Å². The molecule has 1 heterocycles. The standard InChI is InChI=1S/C8H16NO2/c1-7(2)5-9(10)6-8(3,4)11-7/h5-6H2,1-4H3/q-1. The fraction of sp³-hybridized carbons (Fsp3) is 1.00. The Bertz CT molecular complexity index is 138. The molecule has 3 nitrogen and oxygen atoms in total. The first-order chi connectivity index (χ1) is 4.81. The highest BCUT2D eigenvalue weighted by atomic mass is 16.6. The van der Waals surface area contributed by atoms with Gasteiger partial charge in [-0.3, -0.25) is 0 Å². The van der Waals surface area contributed by atoms with Crippen molar-refractivity contribution >= 4 is 0 Å². The van der Waals surface area contributed by atoms with Crippen LogP contribution in [0.15, 0.2) is 0 Å². The van der Waals surface area contributed by atoms with E-state index in [1.54, 1.807) is 0 Å². The summed E-state index contributed by atoms with van der Waals surface area (Å²) >= 11 is 0. The van der Waals surface area contributed by atoms with Crippen LogP contribution in [0.4, 0.5) is 0 Å². The van der Waals surface area contributed by atoms with Gasteiger partial charge in [-0.1, -0.05) is 0 Å². The fourth-order valence-electron chi connectivity index (χ4n) is 1.72. The number of ether oxygens (including phenoxy) is 1. The Labute approximate surface area is 67.9 Å². The molecule has 0 aromatic heterocycles. The van der Waals surface area contributed by atoms with Crippen LogP contribution in [0, 0.1) is 5.21 Å². The lowest BCUT2D eigenvalue weighted by Crippen LogP contribution is -2.55. The molecule has 0 bridgehead atoms. The van der Waals surface area contributed by atoms with Crippen molar-refractivity contribution in [1.29, 1.82) is 0 Å². The lowest BCUT2D eigenvalue weighted by atomic mass is 10.0. The molecule has 0 saturated carbocycles. The van der Waals surface area contributed by atoms with E-state index < -0.39 is 0 Å². The van der Waals surface area contributed by atoms with Gasteiger partial charge in [-0.15, -0.1) is 0 Å². The average Bonchev–Trinajstić information content (AvgIpc) is 1.49. The predicted octanol–water partition coefficient (Wildman–Crippen LogP) is 1.37. The highest BCUT2D eigenvalue weighted by Crippen LogP contribution is 2.26. The van der Waals surface area contributed by atoms with Crippen molar-refractivity contribution in [2.75, 3.05) is 13.1 Å². The van der Waals surface area contributed by atoms with E-state index in [1.807, 2.05) is 27.7 Å². The summed E-state index contributed by atoms with van der Waals surface area (Å²) in [6.45, 7) is 8.71. The minimum atomic E-state index is -0.302. The summed E-state index contributed by atoms with van der Waals surface area (Å²) in [5.41, 5.74) is -0.604. The van der Waals surface area contributed by atoms with Gasteiger partial charge in [0.05, 0.1) is 11.2 Å². The zero-order chi connectivity index (χ0) is 8.70. The molecular weight excluding hydrogens is 142 g/mol. The smallest absolute Gasteiger partial charge is 0.0751 e. The van der Waals surface area contributed by atoms with E-state index in [0.29, 0.717) is 13.1 Å². The second-order valence-corrected chi connectivity index (χ2v) is 4.42. The summed E-state index contributed by atoms with van der Waals surface area (Å²) in [7, 11) is 0. The maximum Gasteiger partial charge on any atom is 0.0751 e. The largest absolute Gasteiger partial charge is 0.785 e. The summed E-state index contributed by atoms with van der Waals surface area (Å²) in [6, 6.07) is 0. The van der Waals surface area contributed by atoms with E-state index in [9.17, 15) is 5.21 Å². The van der Waals surface area contributed by atoms with Crippen molar-refractivity contribution in [1.82, 2.24) is 5.06 Å². The second kappa shape index (κ2) is 2.44. The van der Waals surface area contributed by atoms with Crippen molar-refractivity contribution < 1.29 is 4.74 Å². The first-order valence-electron chi connectivity index (χ1n) is 3.93. The van der Waals surface area contributed by atoms with E-state index in [4.69, 9.17) is 4.74 Å². The van der Waals surface area contributed by atoms with E-state index in [1.165, 1.54) is 0 Å². The van der Waals surface area contributed by atoms with Crippen LogP contribution >= 0.6 is 0 Å². The molecule has 0 aromatic rings. The summed E-state index contributed by atoms with van der Waals surface area (Å²) in [5, 5.41) is 12.2. The highest BCUT2D eigenvalue weighted by Gasteiger charge is 2.34. The SMILES string of the molecule is CC1(C)CN([O-])CC(C)(C)O1. The van der Waals surface area contributed by atoms with Gasteiger partial charge < -0.3 is 15.0 Å². The van der Waals surface area contributed by atoms with Crippen LogP contribution in [-0.2, 0) is 4.74 Å². The molecule has 11 heavy (non-hydrogen) atoms. The van der Waals surface area contributed by atoms with Gasteiger partial charge in [-0.25, -0.2) is 0 Å². The third kappa shape index (κ3) is 2.43. The molecule has 66 valence electrons. The van der Waals surface area contributed by atoms with Crippen molar-refractivity contribution in [2.24, 2.45) is 0 Å². The van der Waals surface area contributed by atoms with Gasteiger partial charge in [0, 0.05) is 13.1 Å². The Morgan fingerprint density at radius 2 is 1.45 bits per heavy atom. The predicted molar refractivity (Wildman–Crippen MR) is 44.2 cm³/mol. The number of morpholine rings is 1. The normalized spacial score (nSPS) is 30.3. The van der Waals surface area contributed by atoms with Crippen molar-refractivity contribution in [3.63, 3.8) is 0 Å². The van der Waals surface area contributed by atoms with Crippen LogP contribution in [0.25, 0.3) is 0 Å². The monoisotopic (exact) mass is 158 g/mol. The Morgan fingerprint density at radius 1 is 1.09 bits per heavy atom. The highest BCUT2D eigenvalue weighted by molar-refractivity contribution is 4.89. The molecule has 0 spiro atoms. The first kappa shape index (κ1) is 8.97. The molecular formula is C8H16NO2-. The quantitative estimate of drug-likeness (QED) is 0.534. The number of hydrogen-bond donors (Lipinski definition) is 0. The Hall–Kier alpha value is -0.120. The lowest BCUT2D eigenvalue weighted by Gasteiger charge is -2.50. The van der Waals surface area contributed by atoms with Crippen molar-refractivity contribution in [2.45, 2.75) is 38.9 Å². The van der Waals surface area contributed by atoms with Gasteiger partial charge in [-0.2, -0.15) is 0 Å². The van der Waals surface area contributed by atoms with Gasteiger partial charge in [0.25, 0.3) is 0 Å². The molecule has 0 unspecified atom stereocenters. The van der Waals surface area contributed by atoms with Gasteiger partial charge in [0.15, 0.2) is 0 Å². The molecule has 0 aliphatic carbocycles. The molecule has 1 fully saturated rings. The second-order valence-electron chi connectivity index (χ2n) is 4.42. The maximum atomic E-state index is 11.1. The van der Waals surface area contributed by atoms with Crippen LogP contribution in [-0.4, -0.2) is 29.4 Å². The van der Waals surface area contributed by atoms with Crippen molar-refractivity contribution in [3.05, 3.63) is 5.21 Å². The summed E-state index contributed by atoms with van der Waals surface area (Å²) in [5.74, 6) is 0. The summed E-state index contributed by atoms with van der Waals surface area (Å²) in [6.07, 6.45) is 0. The summed E-state index contributed by atoms with van der Waals surface area (Å²) < 4.78 is 5.69. The van der Waals surface area contributed by atoms with Crippen LogP contribution in [0.3, 0.4) is 0 Å². The zero-order valence-corrected chi connectivity index (χ0v) is 7.68. The fourth-order valence-corrected chi connectivity index (χ4v) is 1.72. The van der Waals surface area contributed by atoms with Gasteiger partial charge >= 0.3 is 0 Å². The Balaban J connectivity index is 2.66. The molecule has 3 heteroatoms. The average molecular weight is 158 g/mol. The molecule has 0 aromatic carbocycles. The Morgan fingerprint density at radius 3 is 1.73 bits per heavy atom. The number of hydrogen-bond acceptors (Lipinski definition) is 3. The minimum Gasteiger partial charge on any atom is -0.785 e. The molecule has 0 atom stereocenters. The van der Waals surface area contributed by atoms with Gasteiger partial charge in [0.2, 0.25) is 0 Å². The molecule has 1 aliphatic rings.